The van der Waals surface area contributed by atoms with Crippen LogP contribution < -0.4 is 11.1 Å². The number of likely N-dealkylation sites (tertiary alicyclic amines) is 1. The Morgan fingerprint density at radius 2 is 2.38 bits per heavy atom. The van der Waals surface area contributed by atoms with Crippen molar-refractivity contribution >= 4 is 5.84 Å². The molecule has 4 N–H and O–H groups in total. The fraction of sp³-hybridized carbons (Fsp3) is 0.533. The maximum Gasteiger partial charge on any atom is 0.170 e. The van der Waals surface area contributed by atoms with Gasteiger partial charge in [-0.05, 0) is 45.0 Å². The number of hydrogen-bond donors (Lipinski definition) is 3. The average molecular weight is 294 g/mol. The topological polar surface area (TPSA) is 73.9 Å². The Bertz CT molecular complexity index is 506. The summed E-state index contributed by atoms with van der Waals surface area (Å²) in [5.74, 6) is 0.203. The molecule has 21 heavy (non-hydrogen) atoms. The Labute approximate surface area is 124 Å². The first-order chi connectivity index (χ1) is 10.1. The van der Waals surface area contributed by atoms with E-state index in [0.29, 0.717) is 23.6 Å². The van der Waals surface area contributed by atoms with E-state index in [9.17, 15) is 4.39 Å². The molecule has 1 fully saturated rings. The molecule has 0 aliphatic carbocycles. The lowest BCUT2D eigenvalue weighted by Gasteiger charge is -2.29. The minimum Gasteiger partial charge on any atom is -0.409 e. The number of benzene rings is 1. The zero-order valence-corrected chi connectivity index (χ0v) is 12.3. The molecule has 0 bridgehead atoms. The van der Waals surface area contributed by atoms with Crippen molar-refractivity contribution in [3.8, 4) is 0 Å². The Morgan fingerprint density at radius 3 is 3.05 bits per heavy atom. The van der Waals surface area contributed by atoms with E-state index < -0.39 is 0 Å². The van der Waals surface area contributed by atoms with Crippen LogP contribution in [0, 0.1) is 11.7 Å². The van der Waals surface area contributed by atoms with Gasteiger partial charge in [-0.2, -0.15) is 0 Å². The molecule has 1 unspecified atom stereocenters. The number of nitrogens with zero attached hydrogens (tertiary/aromatic N) is 2. The van der Waals surface area contributed by atoms with Gasteiger partial charge in [-0.1, -0.05) is 17.3 Å². The van der Waals surface area contributed by atoms with Gasteiger partial charge >= 0.3 is 0 Å². The van der Waals surface area contributed by atoms with Gasteiger partial charge in [0.25, 0.3) is 0 Å². The zero-order valence-electron chi connectivity index (χ0n) is 12.3. The highest BCUT2D eigenvalue weighted by Crippen LogP contribution is 2.15. The molecule has 2 rings (SSSR count). The number of nitrogens with one attached hydrogen (secondary N) is 1. The van der Waals surface area contributed by atoms with Gasteiger partial charge in [-0.3, -0.25) is 0 Å². The number of nitrogens with two attached hydrogens (primary N) is 1. The molecule has 1 aromatic rings. The van der Waals surface area contributed by atoms with Gasteiger partial charge < -0.3 is 21.2 Å². The van der Waals surface area contributed by atoms with Crippen LogP contribution >= 0.6 is 0 Å². The molecular weight excluding hydrogens is 271 g/mol. The Hall–Kier alpha value is -1.66. The molecule has 1 saturated heterocycles. The van der Waals surface area contributed by atoms with Gasteiger partial charge in [0.05, 0.1) is 0 Å². The molecule has 1 heterocycles. The lowest BCUT2D eigenvalue weighted by Crippen LogP contribution is -2.37. The molecule has 1 aliphatic heterocycles. The second-order valence-electron chi connectivity index (χ2n) is 5.69. The summed E-state index contributed by atoms with van der Waals surface area (Å²) in [5, 5.41) is 14.8. The highest BCUT2D eigenvalue weighted by molar-refractivity contribution is 5.97. The Morgan fingerprint density at radius 1 is 1.57 bits per heavy atom. The van der Waals surface area contributed by atoms with Crippen LogP contribution in [0.25, 0.3) is 0 Å². The summed E-state index contributed by atoms with van der Waals surface area (Å²) in [6.07, 6.45) is 2.45. The van der Waals surface area contributed by atoms with E-state index in [0.717, 1.165) is 13.1 Å². The second kappa shape index (κ2) is 7.38. The first-order valence-electron chi connectivity index (χ1n) is 7.25. The van der Waals surface area contributed by atoms with Crippen LogP contribution in [-0.2, 0) is 6.54 Å². The van der Waals surface area contributed by atoms with Crippen molar-refractivity contribution in [1.29, 1.82) is 0 Å². The van der Waals surface area contributed by atoms with Gasteiger partial charge in [0.2, 0.25) is 0 Å². The van der Waals surface area contributed by atoms with Gasteiger partial charge in [0, 0.05) is 24.2 Å². The third-order valence-electron chi connectivity index (χ3n) is 3.93. The minimum absolute atomic E-state index is 0.0846. The predicted molar refractivity (Wildman–Crippen MR) is 80.8 cm³/mol. The lowest BCUT2D eigenvalue weighted by molar-refractivity contribution is 0.206. The van der Waals surface area contributed by atoms with E-state index in [2.05, 4.69) is 22.4 Å². The summed E-state index contributed by atoms with van der Waals surface area (Å²) >= 11 is 0. The van der Waals surface area contributed by atoms with E-state index in [4.69, 9.17) is 10.9 Å². The maximum absolute atomic E-state index is 13.9. The van der Waals surface area contributed by atoms with Gasteiger partial charge in [-0.15, -0.1) is 0 Å². The number of amidine groups is 1. The van der Waals surface area contributed by atoms with E-state index in [1.165, 1.54) is 25.5 Å². The molecule has 6 heteroatoms. The number of rotatable bonds is 5. The standard InChI is InChI=1S/C15H23FN4O/c1-20-6-2-3-11(10-20)8-18-9-13-5-4-12(7-14(13)16)15(17)19-21/h4-5,7,11,18,21H,2-3,6,8-10H2,1H3,(H2,17,19). The van der Waals surface area contributed by atoms with Crippen LogP contribution in [0.15, 0.2) is 23.4 Å². The van der Waals surface area contributed by atoms with Crippen molar-refractivity contribution in [3.63, 3.8) is 0 Å². The molecule has 0 radical (unpaired) electrons. The first-order valence-corrected chi connectivity index (χ1v) is 7.25. The Kier molecular flexibility index (Phi) is 5.52. The lowest BCUT2D eigenvalue weighted by atomic mass is 9.98. The SMILES string of the molecule is CN1CCCC(CNCc2ccc(C(N)=NO)cc2F)C1. The molecule has 0 spiro atoms. The third-order valence-corrected chi connectivity index (χ3v) is 3.93. The summed E-state index contributed by atoms with van der Waals surface area (Å²) in [7, 11) is 2.14. The molecular formula is C15H23FN4O. The molecule has 1 aromatic carbocycles. The quantitative estimate of drug-likeness (QED) is 0.332. The van der Waals surface area contributed by atoms with Crippen LogP contribution in [0.2, 0.25) is 0 Å². The zero-order chi connectivity index (χ0) is 15.2. The summed E-state index contributed by atoms with van der Waals surface area (Å²) in [6, 6.07) is 4.62. The predicted octanol–water partition coefficient (Wildman–Crippen LogP) is 1.35. The molecule has 0 amide bonds. The molecule has 5 nitrogen and oxygen atoms in total. The number of halogens is 1. The maximum atomic E-state index is 13.9. The normalized spacial score (nSPS) is 20.7. The van der Waals surface area contributed by atoms with Crippen LogP contribution in [0.1, 0.15) is 24.0 Å². The van der Waals surface area contributed by atoms with Crippen molar-refractivity contribution in [1.82, 2.24) is 10.2 Å². The number of oxime groups is 1. The Balaban J connectivity index is 1.86. The smallest absolute Gasteiger partial charge is 0.170 e. The van der Waals surface area contributed by atoms with Crippen molar-refractivity contribution in [3.05, 3.63) is 35.1 Å². The van der Waals surface area contributed by atoms with Crippen molar-refractivity contribution in [2.45, 2.75) is 19.4 Å². The summed E-state index contributed by atoms with van der Waals surface area (Å²) < 4.78 is 13.9. The molecule has 116 valence electrons. The number of piperidine rings is 1. The van der Waals surface area contributed by atoms with E-state index in [-0.39, 0.29) is 11.7 Å². The largest absolute Gasteiger partial charge is 0.409 e. The van der Waals surface area contributed by atoms with E-state index in [1.807, 2.05) is 0 Å². The first kappa shape index (κ1) is 15.7. The van der Waals surface area contributed by atoms with E-state index in [1.54, 1.807) is 12.1 Å². The van der Waals surface area contributed by atoms with Crippen LogP contribution in [0.3, 0.4) is 0 Å². The molecule has 0 saturated carbocycles. The molecule has 0 aromatic heterocycles. The summed E-state index contributed by atoms with van der Waals surface area (Å²) in [5.41, 5.74) is 6.41. The van der Waals surface area contributed by atoms with Crippen molar-refractivity contribution in [2.24, 2.45) is 16.8 Å². The van der Waals surface area contributed by atoms with Crippen LogP contribution in [-0.4, -0.2) is 42.6 Å². The highest BCUT2D eigenvalue weighted by Gasteiger charge is 2.16. The van der Waals surface area contributed by atoms with Gasteiger partial charge in [0.1, 0.15) is 5.82 Å². The molecule has 1 aliphatic rings. The van der Waals surface area contributed by atoms with Crippen molar-refractivity contribution < 1.29 is 9.60 Å². The average Bonchev–Trinajstić information content (AvgIpc) is 2.48. The van der Waals surface area contributed by atoms with E-state index >= 15 is 0 Å². The second-order valence-corrected chi connectivity index (χ2v) is 5.69. The van der Waals surface area contributed by atoms with Crippen LogP contribution in [0.4, 0.5) is 4.39 Å². The summed E-state index contributed by atoms with van der Waals surface area (Å²) in [6.45, 7) is 3.65. The van der Waals surface area contributed by atoms with Gasteiger partial charge in [-0.25, -0.2) is 4.39 Å². The number of hydrogen-bond acceptors (Lipinski definition) is 4. The highest BCUT2D eigenvalue weighted by atomic mass is 19.1. The van der Waals surface area contributed by atoms with Gasteiger partial charge in [0.15, 0.2) is 5.84 Å². The molecule has 1 atom stereocenters. The van der Waals surface area contributed by atoms with Crippen LogP contribution in [0.5, 0.6) is 0 Å². The third kappa shape index (κ3) is 4.41. The fourth-order valence-corrected chi connectivity index (χ4v) is 2.76. The summed E-state index contributed by atoms with van der Waals surface area (Å²) in [4.78, 5) is 2.34. The monoisotopic (exact) mass is 294 g/mol. The minimum atomic E-state index is -0.340. The fourth-order valence-electron chi connectivity index (χ4n) is 2.76. The van der Waals surface area contributed by atoms with Crippen molar-refractivity contribution in [2.75, 3.05) is 26.7 Å².